The second-order valence-corrected chi connectivity index (χ2v) is 4.28. The lowest BCUT2D eigenvalue weighted by Gasteiger charge is -2.09. The summed E-state index contributed by atoms with van der Waals surface area (Å²) in [5.41, 5.74) is 1.13. The summed E-state index contributed by atoms with van der Waals surface area (Å²) < 4.78 is 26.5. The maximum atomic E-state index is 13.5. The van der Waals surface area contributed by atoms with E-state index in [2.05, 4.69) is 5.32 Å². The normalized spacial score (nSPS) is 10.0. The molecule has 0 radical (unpaired) electrons. The molecular weight excluding hydrogens is 270 g/mol. The Morgan fingerprint density at radius 2 is 2.00 bits per heavy atom. The van der Waals surface area contributed by atoms with Gasteiger partial charge in [-0.05, 0) is 24.3 Å². The lowest BCUT2D eigenvalue weighted by atomic mass is 10.2. The Bertz CT molecular complexity index is 650. The zero-order valence-electron chi connectivity index (χ0n) is 9.75. The number of hydrogen-bond donors (Lipinski definition) is 1. The van der Waals surface area contributed by atoms with Crippen molar-refractivity contribution in [3.8, 4) is 6.07 Å². The standard InChI is InChI=1S/C14H9ClF2N2/c15-11-5-4-9(7-18)6-13(11)19-8-10-2-1-3-12(16)14(10)17/h1-6,19H,8H2. The summed E-state index contributed by atoms with van der Waals surface area (Å²) in [6.07, 6.45) is 0. The van der Waals surface area contributed by atoms with Crippen LogP contribution in [-0.2, 0) is 6.54 Å². The van der Waals surface area contributed by atoms with Gasteiger partial charge >= 0.3 is 0 Å². The fourth-order valence-electron chi connectivity index (χ4n) is 1.61. The van der Waals surface area contributed by atoms with Gasteiger partial charge in [0, 0.05) is 12.1 Å². The molecular formula is C14H9ClF2N2. The van der Waals surface area contributed by atoms with Gasteiger partial charge in [-0.15, -0.1) is 0 Å². The van der Waals surface area contributed by atoms with Crippen LogP contribution in [0.1, 0.15) is 11.1 Å². The molecule has 0 atom stereocenters. The molecule has 0 saturated heterocycles. The van der Waals surface area contributed by atoms with E-state index in [9.17, 15) is 8.78 Å². The third kappa shape index (κ3) is 3.01. The van der Waals surface area contributed by atoms with Gasteiger partial charge in [0.1, 0.15) is 0 Å². The van der Waals surface area contributed by atoms with Gasteiger partial charge in [0.15, 0.2) is 11.6 Å². The third-order valence-corrected chi connectivity index (χ3v) is 2.93. The summed E-state index contributed by atoms with van der Waals surface area (Å²) >= 11 is 5.95. The second kappa shape index (κ2) is 5.68. The Labute approximate surface area is 114 Å². The largest absolute Gasteiger partial charge is 0.380 e. The number of benzene rings is 2. The molecule has 0 aromatic heterocycles. The van der Waals surface area contributed by atoms with Crippen molar-refractivity contribution in [3.63, 3.8) is 0 Å². The highest BCUT2D eigenvalue weighted by atomic mass is 35.5. The summed E-state index contributed by atoms with van der Waals surface area (Å²) in [7, 11) is 0. The molecule has 5 heteroatoms. The van der Waals surface area contributed by atoms with Crippen molar-refractivity contribution in [2.75, 3.05) is 5.32 Å². The molecule has 1 N–H and O–H groups in total. The Hall–Kier alpha value is -2.12. The van der Waals surface area contributed by atoms with Crippen LogP contribution in [0, 0.1) is 23.0 Å². The van der Waals surface area contributed by atoms with E-state index in [0.717, 1.165) is 6.07 Å². The number of nitriles is 1. The van der Waals surface area contributed by atoms with E-state index in [0.29, 0.717) is 16.3 Å². The molecule has 2 rings (SSSR count). The maximum absolute atomic E-state index is 13.5. The Morgan fingerprint density at radius 1 is 1.21 bits per heavy atom. The molecule has 2 aromatic rings. The average molecular weight is 279 g/mol. The summed E-state index contributed by atoms with van der Waals surface area (Å²) in [6, 6.07) is 10.7. The highest BCUT2D eigenvalue weighted by Gasteiger charge is 2.08. The molecule has 0 heterocycles. The SMILES string of the molecule is N#Cc1ccc(Cl)c(NCc2cccc(F)c2F)c1. The molecule has 2 nitrogen and oxygen atoms in total. The predicted molar refractivity (Wildman–Crippen MR) is 69.9 cm³/mol. The van der Waals surface area contributed by atoms with Crippen LogP contribution in [-0.4, -0.2) is 0 Å². The summed E-state index contributed by atoms with van der Waals surface area (Å²) in [5, 5.41) is 12.1. The van der Waals surface area contributed by atoms with Gasteiger partial charge in [-0.1, -0.05) is 23.7 Å². The van der Waals surface area contributed by atoms with Gasteiger partial charge in [0.05, 0.1) is 22.3 Å². The van der Waals surface area contributed by atoms with E-state index >= 15 is 0 Å². The highest BCUT2D eigenvalue weighted by Crippen LogP contribution is 2.24. The van der Waals surface area contributed by atoms with Crippen LogP contribution in [0.3, 0.4) is 0 Å². The Kier molecular flexibility index (Phi) is 3.98. The first-order valence-electron chi connectivity index (χ1n) is 5.48. The van der Waals surface area contributed by atoms with Crippen LogP contribution in [0.25, 0.3) is 0 Å². The lowest BCUT2D eigenvalue weighted by molar-refractivity contribution is 0.500. The predicted octanol–water partition coefficient (Wildman–Crippen LogP) is 4.10. The van der Waals surface area contributed by atoms with Crippen LogP contribution in [0.5, 0.6) is 0 Å². The van der Waals surface area contributed by atoms with Crippen LogP contribution in [0.2, 0.25) is 5.02 Å². The number of nitrogens with one attached hydrogen (secondary N) is 1. The molecule has 2 aromatic carbocycles. The Morgan fingerprint density at radius 3 is 2.74 bits per heavy atom. The zero-order chi connectivity index (χ0) is 13.8. The van der Waals surface area contributed by atoms with Crippen molar-refractivity contribution in [3.05, 3.63) is 64.2 Å². The number of hydrogen-bond acceptors (Lipinski definition) is 2. The van der Waals surface area contributed by atoms with Crippen molar-refractivity contribution in [2.24, 2.45) is 0 Å². The van der Waals surface area contributed by atoms with Gasteiger partial charge in [0.25, 0.3) is 0 Å². The van der Waals surface area contributed by atoms with Gasteiger partial charge in [-0.2, -0.15) is 5.26 Å². The van der Waals surface area contributed by atoms with E-state index in [1.54, 1.807) is 18.2 Å². The van der Waals surface area contributed by atoms with Gasteiger partial charge in [-0.25, -0.2) is 8.78 Å². The molecule has 0 amide bonds. The number of nitrogens with zero attached hydrogens (tertiary/aromatic N) is 1. The number of rotatable bonds is 3. The minimum absolute atomic E-state index is 0.0815. The van der Waals surface area contributed by atoms with Crippen molar-refractivity contribution in [2.45, 2.75) is 6.54 Å². The summed E-state index contributed by atoms with van der Waals surface area (Å²) in [4.78, 5) is 0. The van der Waals surface area contributed by atoms with E-state index in [1.165, 1.54) is 12.1 Å². The fourth-order valence-corrected chi connectivity index (χ4v) is 1.79. The number of anilines is 1. The smallest absolute Gasteiger partial charge is 0.163 e. The zero-order valence-corrected chi connectivity index (χ0v) is 10.5. The lowest BCUT2D eigenvalue weighted by Crippen LogP contribution is -2.03. The number of halogens is 3. The van der Waals surface area contributed by atoms with E-state index in [4.69, 9.17) is 16.9 Å². The first kappa shape index (κ1) is 13.3. The first-order chi connectivity index (χ1) is 9.11. The fraction of sp³-hybridized carbons (Fsp3) is 0.0714. The maximum Gasteiger partial charge on any atom is 0.163 e. The van der Waals surface area contributed by atoms with Gasteiger partial charge in [0.2, 0.25) is 0 Å². The molecule has 0 aliphatic heterocycles. The molecule has 19 heavy (non-hydrogen) atoms. The highest BCUT2D eigenvalue weighted by molar-refractivity contribution is 6.33. The molecule has 0 spiro atoms. The molecule has 0 bridgehead atoms. The van der Waals surface area contributed by atoms with Crippen molar-refractivity contribution < 1.29 is 8.78 Å². The molecule has 0 saturated carbocycles. The second-order valence-electron chi connectivity index (χ2n) is 3.87. The minimum Gasteiger partial charge on any atom is -0.380 e. The Balaban J connectivity index is 2.19. The van der Waals surface area contributed by atoms with Gasteiger partial charge in [-0.3, -0.25) is 0 Å². The van der Waals surface area contributed by atoms with E-state index in [1.807, 2.05) is 6.07 Å². The monoisotopic (exact) mass is 278 g/mol. The van der Waals surface area contributed by atoms with Crippen molar-refractivity contribution in [1.29, 1.82) is 5.26 Å². The quantitative estimate of drug-likeness (QED) is 0.917. The van der Waals surface area contributed by atoms with Crippen LogP contribution < -0.4 is 5.32 Å². The van der Waals surface area contributed by atoms with Crippen molar-refractivity contribution in [1.82, 2.24) is 0 Å². The van der Waals surface area contributed by atoms with Gasteiger partial charge < -0.3 is 5.32 Å². The van der Waals surface area contributed by atoms with E-state index in [-0.39, 0.29) is 12.1 Å². The summed E-state index contributed by atoms with van der Waals surface area (Å²) in [5.74, 6) is -1.78. The molecule has 0 fully saturated rings. The average Bonchev–Trinajstić information content (AvgIpc) is 2.42. The van der Waals surface area contributed by atoms with Crippen LogP contribution in [0.15, 0.2) is 36.4 Å². The minimum atomic E-state index is -0.892. The molecule has 0 aliphatic rings. The van der Waals surface area contributed by atoms with Crippen LogP contribution >= 0.6 is 11.6 Å². The topological polar surface area (TPSA) is 35.8 Å². The van der Waals surface area contributed by atoms with Crippen molar-refractivity contribution >= 4 is 17.3 Å². The third-order valence-electron chi connectivity index (χ3n) is 2.60. The van der Waals surface area contributed by atoms with Crippen LogP contribution in [0.4, 0.5) is 14.5 Å². The molecule has 0 aliphatic carbocycles. The molecule has 0 unspecified atom stereocenters. The summed E-state index contributed by atoms with van der Waals surface area (Å²) in [6.45, 7) is 0.0815. The van der Waals surface area contributed by atoms with E-state index < -0.39 is 11.6 Å². The molecule has 96 valence electrons. The first-order valence-corrected chi connectivity index (χ1v) is 5.86.